The summed E-state index contributed by atoms with van der Waals surface area (Å²) in [7, 11) is 1.72. The van der Waals surface area contributed by atoms with Crippen LogP contribution in [0.5, 0.6) is 0 Å². The molecule has 120 valence electrons. The molecule has 8 nitrogen and oxygen atoms in total. The Bertz CT molecular complexity index is 1090. The van der Waals surface area contributed by atoms with Crippen molar-refractivity contribution in [3.05, 3.63) is 64.1 Å². The third kappa shape index (κ3) is 2.46. The lowest BCUT2D eigenvalue weighted by Gasteiger charge is -2.05. The van der Waals surface area contributed by atoms with Crippen molar-refractivity contribution in [1.29, 1.82) is 0 Å². The quantitative estimate of drug-likeness (QED) is 0.562. The summed E-state index contributed by atoms with van der Waals surface area (Å²) < 4.78 is 3.08. The van der Waals surface area contributed by atoms with Crippen molar-refractivity contribution < 1.29 is 0 Å². The summed E-state index contributed by atoms with van der Waals surface area (Å²) in [4.78, 5) is 18.5. The number of hydrogen-bond donors (Lipinski definition) is 0. The fourth-order valence-electron chi connectivity index (χ4n) is 2.49. The molecule has 4 rings (SSSR count). The summed E-state index contributed by atoms with van der Waals surface area (Å²) >= 11 is 6.02. The number of nitrogens with zero attached hydrogens (tertiary/aromatic N) is 7. The van der Waals surface area contributed by atoms with Crippen LogP contribution < -0.4 is 5.56 Å². The first-order valence-corrected chi connectivity index (χ1v) is 7.54. The molecule has 0 aliphatic carbocycles. The zero-order valence-electron chi connectivity index (χ0n) is 12.7. The van der Waals surface area contributed by atoms with Gasteiger partial charge in [0.25, 0.3) is 5.56 Å². The number of fused-ring (bicyclic) bond motifs is 1. The molecule has 0 fully saturated rings. The van der Waals surface area contributed by atoms with Crippen LogP contribution in [0.25, 0.3) is 16.7 Å². The maximum atomic E-state index is 12.6. The van der Waals surface area contributed by atoms with Crippen molar-refractivity contribution in [2.24, 2.45) is 7.05 Å². The van der Waals surface area contributed by atoms with Crippen LogP contribution >= 0.6 is 11.6 Å². The Hall–Kier alpha value is -3.00. The number of rotatable bonds is 3. The van der Waals surface area contributed by atoms with Crippen molar-refractivity contribution in [1.82, 2.24) is 34.3 Å². The molecule has 0 spiro atoms. The minimum Gasteiger partial charge on any atom is -0.292 e. The van der Waals surface area contributed by atoms with Crippen LogP contribution in [0.3, 0.4) is 0 Å². The Morgan fingerprint density at radius 2 is 2.08 bits per heavy atom. The summed E-state index contributed by atoms with van der Waals surface area (Å²) in [5, 5.41) is 13.5. The van der Waals surface area contributed by atoms with Crippen LogP contribution in [-0.4, -0.2) is 34.3 Å². The number of hydrogen-bond acceptors (Lipinski definition) is 5. The van der Waals surface area contributed by atoms with Crippen molar-refractivity contribution in [2.75, 3.05) is 0 Å². The van der Waals surface area contributed by atoms with Gasteiger partial charge in [-0.25, -0.2) is 9.67 Å². The van der Waals surface area contributed by atoms with Gasteiger partial charge in [0.1, 0.15) is 17.4 Å². The van der Waals surface area contributed by atoms with Crippen LogP contribution in [-0.2, 0) is 13.6 Å². The Labute approximate surface area is 140 Å². The Morgan fingerprint density at radius 1 is 1.21 bits per heavy atom. The van der Waals surface area contributed by atoms with Crippen LogP contribution in [0, 0.1) is 0 Å². The molecule has 3 aromatic heterocycles. The molecular formula is C15H12ClN7O. The van der Waals surface area contributed by atoms with E-state index in [2.05, 4.69) is 20.3 Å². The van der Waals surface area contributed by atoms with Gasteiger partial charge in [-0.15, -0.1) is 0 Å². The van der Waals surface area contributed by atoms with Gasteiger partial charge < -0.3 is 0 Å². The summed E-state index contributed by atoms with van der Waals surface area (Å²) in [6.45, 7) is 0.304. The zero-order chi connectivity index (χ0) is 16.7. The standard InChI is InChI=1S/C15H12ClN7O/c1-21-18-6-11(20-21)8-22-9-17-14-13(15(22)24)7-19-23(14)12-4-2-3-10(16)5-12/h2-7,9H,8H2,1H3. The van der Waals surface area contributed by atoms with E-state index in [9.17, 15) is 4.79 Å². The van der Waals surface area contributed by atoms with Gasteiger partial charge in [-0.1, -0.05) is 17.7 Å². The van der Waals surface area contributed by atoms with Crippen molar-refractivity contribution in [3.8, 4) is 5.69 Å². The van der Waals surface area contributed by atoms with Gasteiger partial charge in [0.15, 0.2) is 5.65 Å². The molecule has 0 amide bonds. The maximum Gasteiger partial charge on any atom is 0.264 e. The number of aromatic nitrogens is 7. The van der Waals surface area contributed by atoms with Gasteiger partial charge in [0.2, 0.25) is 0 Å². The van der Waals surface area contributed by atoms with Gasteiger partial charge >= 0.3 is 0 Å². The molecule has 1 aromatic carbocycles. The molecule has 0 aliphatic heterocycles. The highest BCUT2D eigenvalue weighted by Crippen LogP contribution is 2.17. The van der Waals surface area contributed by atoms with E-state index in [1.807, 2.05) is 12.1 Å². The minimum atomic E-state index is -0.182. The summed E-state index contributed by atoms with van der Waals surface area (Å²) in [6.07, 6.45) is 4.62. The maximum absolute atomic E-state index is 12.6. The Balaban J connectivity index is 1.79. The molecule has 24 heavy (non-hydrogen) atoms. The second kappa shape index (κ2) is 5.57. The van der Waals surface area contributed by atoms with Crippen LogP contribution in [0.4, 0.5) is 0 Å². The molecule has 0 unspecified atom stereocenters. The predicted molar refractivity (Wildman–Crippen MR) is 88.2 cm³/mol. The number of aryl methyl sites for hydroxylation is 1. The highest BCUT2D eigenvalue weighted by molar-refractivity contribution is 6.30. The van der Waals surface area contributed by atoms with Gasteiger partial charge in [0, 0.05) is 12.1 Å². The summed E-state index contributed by atoms with van der Waals surface area (Å²) in [5.41, 5.74) is 1.73. The van der Waals surface area contributed by atoms with E-state index in [1.165, 1.54) is 21.9 Å². The fourth-order valence-corrected chi connectivity index (χ4v) is 2.68. The molecule has 3 heterocycles. The smallest absolute Gasteiger partial charge is 0.264 e. The van der Waals surface area contributed by atoms with E-state index < -0.39 is 0 Å². The van der Waals surface area contributed by atoms with Crippen LogP contribution in [0.2, 0.25) is 5.02 Å². The first-order valence-electron chi connectivity index (χ1n) is 7.16. The van der Waals surface area contributed by atoms with Gasteiger partial charge in [-0.2, -0.15) is 20.1 Å². The Morgan fingerprint density at radius 3 is 2.83 bits per heavy atom. The molecule has 0 bridgehead atoms. The van der Waals surface area contributed by atoms with Gasteiger partial charge in [-0.05, 0) is 18.2 Å². The summed E-state index contributed by atoms with van der Waals surface area (Å²) in [5.74, 6) is 0. The van der Waals surface area contributed by atoms with Crippen LogP contribution in [0.1, 0.15) is 5.69 Å². The second-order valence-electron chi connectivity index (χ2n) is 5.28. The minimum absolute atomic E-state index is 0.182. The third-order valence-corrected chi connectivity index (χ3v) is 3.82. The topological polar surface area (TPSA) is 83.4 Å². The molecule has 0 atom stereocenters. The predicted octanol–water partition coefficient (Wildman–Crippen LogP) is 1.41. The van der Waals surface area contributed by atoms with Gasteiger partial charge in [0.05, 0.1) is 24.6 Å². The normalized spacial score (nSPS) is 11.2. The van der Waals surface area contributed by atoms with E-state index in [0.717, 1.165) is 5.69 Å². The number of halogens is 1. The number of benzene rings is 1. The average Bonchev–Trinajstić information content (AvgIpc) is 3.17. The molecule has 0 radical (unpaired) electrons. The molecule has 9 heteroatoms. The first kappa shape index (κ1) is 14.6. The lowest BCUT2D eigenvalue weighted by molar-refractivity contribution is 0.632. The van der Waals surface area contributed by atoms with Gasteiger partial charge in [-0.3, -0.25) is 9.36 Å². The molecule has 0 N–H and O–H groups in total. The fraction of sp³-hybridized carbons (Fsp3) is 0.133. The molecule has 4 aromatic rings. The SMILES string of the molecule is Cn1ncc(Cn2cnc3c(cnn3-c3cccc(Cl)c3)c2=O)n1. The third-order valence-electron chi connectivity index (χ3n) is 3.59. The zero-order valence-corrected chi connectivity index (χ0v) is 13.4. The van der Waals surface area contributed by atoms with Crippen molar-refractivity contribution in [2.45, 2.75) is 6.54 Å². The lowest BCUT2D eigenvalue weighted by Crippen LogP contribution is -2.21. The lowest BCUT2D eigenvalue weighted by atomic mass is 10.3. The van der Waals surface area contributed by atoms with Crippen molar-refractivity contribution in [3.63, 3.8) is 0 Å². The monoisotopic (exact) mass is 341 g/mol. The first-order chi connectivity index (χ1) is 11.6. The average molecular weight is 342 g/mol. The van der Waals surface area contributed by atoms with E-state index in [-0.39, 0.29) is 5.56 Å². The van der Waals surface area contributed by atoms with Crippen molar-refractivity contribution >= 4 is 22.6 Å². The summed E-state index contributed by atoms with van der Waals surface area (Å²) in [6, 6.07) is 7.21. The second-order valence-corrected chi connectivity index (χ2v) is 5.71. The molecule has 0 aliphatic rings. The molecule has 0 saturated carbocycles. The Kier molecular flexibility index (Phi) is 3.39. The molecule has 0 saturated heterocycles. The van der Waals surface area contributed by atoms with E-state index in [4.69, 9.17) is 11.6 Å². The highest BCUT2D eigenvalue weighted by Gasteiger charge is 2.12. The van der Waals surface area contributed by atoms with E-state index >= 15 is 0 Å². The largest absolute Gasteiger partial charge is 0.292 e. The highest BCUT2D eigenvalue weighted by atomic mass is 35.5. The van der Waals surface area contributed by atoms with E-state index in [1.54, 1.807) is 30.1 Å². The van der Waals surface area contributed by atoms with Crippen LogP contribution in [0.15, 0.2) is 47.8 Å². The van der Waals surface area contributed by atoms with E-state index in [0.29, 0.717) is 28.3 Å². The molecular weight excluding hydrogens is 330 g/mol.